The molecule has 5 heterocycles. The molecule has 0 aliphatic rings. The largest absolute Gasteiger partial charge is 0.144 e. The maximum Gasteiger partial charge on any atom is 0.0277 e. The van der Waals surface area contributed by atoms with Crippen LogP contribution < -0.4 is 0 Å². The lowest BCUT2D eigenvalue weighted by Gasteiger charge is -1.87. The van der Waals surface area contributed by atoms with Gasteiger partial charge in [0.15, 0.2) is 0 Å². The average Bonchev–Trinajstić information content (AvgIpc) is 3.70. The second-order valence-corrected chi connectivity index (χ2v) is 13.1. The molecule has 35 heavy (non-hydrogen) atoms. The molecule has 5 rings (SSSR count). The monoisotopic (exact) mass is 542 g/mol. The van der Waals surface area contributed by atoms with Crippen LogP contribution in [0.2, 0.25) is 0 Å². The van der Waals surface area contributed by atoms with Crippen LogP contribution in [0.3, 0.4) is 0 Å². The summed E-state index contributed by atoms with van der Waals surface area (Å²) in [5, 5.41) is 2.11. The molecule has 0 amide bonds. The van der Waals surface area contributed by atoms with Crippen LogP contribution in [0.25, 0.3) is 54.7 Å². The zero-order valence-corrected chi connectivity index (χ0v) is 22.9. The molecule has 0 aliphatic heterocycles. The van der Waals surface area contributed by atoms with Crippen LogP contribution in [0.15, 0.2) is 72.6 Å². The van der Waals surface area contributed by atoms with E-state index in [4.69, 9.17) is 0 Å². The molecule has 0 spiro atoms. The minimum atomic E-state index is 1.20. The van der Waals surface area contributed by atoms with E-state index >= 15 is 0 Å². The summed E-state index contributed by atoms with van der Waals surface area (Å²) < 4.78 is 0. The van der Waals surface area contributed by atoms with Crippen LogP contribution in [0, 0.1) is 0 Å². The fourth-order valence-corrected chi connectivity index (χ4v) is 7.08. The van der Waals surface area contributed by atoms with E-state index in [9.17, 15) is 0 Å². The van der Waals surface area contributed by atoms with Crippen LogP contribution in [0.1, 0.15) is 43.9 Å². The third kappa shape index (κ3) is 6.88. The Balaban J connectivity index is 1.17. The van der Waals surface area contributed by atoms with Crippen LogP contribution in [-0.2, 0) is 0 Å². The van der Waals surface area contributed by atoms with Crippen molar-refractivity contribution in [2.45, 2.75) is 0 Å². The summed E-state index contributed by atoms with van der Waals surface area (Å²) >= 11 is 8.93. The van der Waals surface area contributed by atoms with Gasteiger partial charge in [-0.05, 0) is 109 Å². The van der Waals surface area contributed by atoms with Crippen LogP contribution in [0.4, 0.5) is 0 Å². The van der Waals surface area contributed by atoms with Crippen molar-refractivity contribution in [1.29, 1.82) is 0 Å². The molecule has 5 heteroatoms. The first kappa shape index (κ1) is 23.9. The van der Waals surface area contributed by atoms with E-state index in [1.165, 1.54) is 43.9 Å². The van der Waals surface area contributed by atoms with E-state index < -0.39 is 0 Å². The summed E-state index contributed by atoms with van der Waals surface area (Å²) in [6.07, 6.45) is 19.4. The molecule has 0 aliphatic carbocycles. The fourth-order valence-electron chi connectivity index (χ4n) is 3.25. The lowest BCUT2D eigenvalue weighted by atomic mass is 10.3. The Bertz CT molecular complexity index is 1510. The Kier molecular flexibility index (Phi) is 8.03. The Morgan fingerprint density at radius 3 is 1.00 bits per heavy atom. The van der Waals surface area contributed by atoms with Gasteiger partial charge in [0.05, 0.1) is 0 Å². The lowest BCUT2D eigenvalue weighted by Crippen LogP contribution is -1.59. The summed E-state index contributed by atoms with van der Waals surface area (Å²) in [7, 11) is 0. The average molecular weight is 543 g/mol. The van der Waals surface area contributed by atoms with E-state index in [1.807, 2.05) is 28.7 Å². The smallest absolute Gasteiger partial charge is 0.0277 e. The third-order valence-corrected chi connectivity index (χ3v) is 9.91. The first-order valence-electron chi connectivity index (χ1n) is 11.0. The van der Waals surface area contributed by atoms with Gasteiger partial charge >= 0.3 is 0 Å². The van der Waals surface area contributed by atoms with Crippen LogP contribution in [0.5, 0.6) is 0 Å². The predicted molar refractivity (Wildman–Crippen MR) is 167 cm³/mol. The third-order valence-electron chi connectivity index (χ3n) is 4.98. The van der Waals surface area contributed by atoms with Gasteiger partial charge in [-0.25, -0.2) is 0 Å². The minimum absolute atomic E-state index is 1.20. The van der Waals surface area contributed by atoms with E-state index in [0.717, 1.165) is 0 Å². The highest BCUT2D eigenvalue weighted by molar-refractivity contribution is 7.15. The molecule has 0 saturated heterocycles. The Hall–Kier alpha value is -2.80. The summed E-state index contributed by atoms with van der Waals surface area (Å²) in [4.78, 5) is 11.3. The molecular formula is C30H22S5. The van der Waals surface area contributed by atoms with Gasteiger partial charge in [-0.15, -0.1) is 56.7 Å². The molecule has 0 N–H and O–H groups in total. The van der Waals surface area contributed by atoms with Crippen LogP contribution >= 0.6 is 56.7 Å². The maximum atomic E-state index is 3.83. The molecule has 0 radical (unpaired) electrons. The Labute approximate surface area is 226 Å². The molecule has 0 unspecified atom stereocenters. The SMILES string of the molecule is C=Cc1ccc(/C=C/c2ccc(/C=C/c3ccc(/C=C/c4ccc(/C=C/c5cccs5)s4)s3)s2)s1. The number of hydrogen-bond acceptors (Lipinski definition) is 5. The summed E-state index contributed by atoms with van der Waals surface area (Å²) in [5.41, 5.74) is 0. The van der Waals surface area contributed by atoms with Gasteiger partial charge in [0.2, 0.25) is 0 Å². The highest BCUT2D eigenvalue weighted by atomic mass is 32.1. The van der Waals surface area contributed by atoms with Gasteiger partial charge in [0.25, 0.3) is 0 Å². The molecule has 0 fully saturated rings. The van der Waals surface area contributed by atoms with Gasteiger partial charge in [-0.3, -0.25) is 0 Å². The second-order valence-electron chi connectivity index (χ2n) is 7.51. The van der Waals surface area contributed by atoms with Gasteiger partial charge < -0.3 is 0 Å². The van der Waals surface area contributed by atoms with Crippen molar-refractivity contribution in [1.82, 2.24) is 0 Å². The van der Waals surface area contributed by atoms with E-state index in [-0.39, 0.29) is 0 Å². The molecular weight excluding hydrogens is 521 g/mol. The Morgan fingerprint density at radius 1 is 0.400 bits per heavy atom. The van der Waals surface area contributed by atoms with Crippen molar-refractivity contribution < 1.29 is 0 Å². The highest BCUT2D eigenvalue weighted by Crippen LogP contribution is 2.27. The quantitative estimate of drug-likeness (QED) is 0.174. The van der Waals surface area contributed by atoms with Crippen molar-refractivity contribution >= 4 is 111 Å². The number of rotatable bonds is 9. The lowest BCUT2D eigenvalue weighted by molar-refractivity contribution is 1.90. The normalized spacial score (nSPS) is 12.2. The standard InChI is InChI=1S/C30H22S5/c1-2-22-5-7-24(32-22)9-10-26-13-15-28(34-26)17-18-30-20-19-29(35-30)16-14-27-12-11-25(33-27)8-6-23-4-3-21-31-23/h2-21H,1H2/b8-6+,10-9+,16-14+,18-17+. The zero-order valence-electron chi connectivity index (χ0n) is 18.8. The van der Waals surface area contributed by atoms with Gasteiger partial charge in [0, 0.05) is 43.9 Å². The second kappa shape index (κ2) is 11.8. The topological polar surface area (TPSA) is 0 Å². The summed E-state index contributed by atoms with van der Waals surface area (Å²) in [6, 6.07) is 21.6. The highest BCUT2D eigenvalue weighted by Gasteiger charge is 1.99. The summed E-state index contributed by atoms with van der Waals surface area (Å²) in [6.45, 7) is 3.83. The van der Waals surface area contributed by atoms with Crippen LogP contribution in [-0.4, -0.2) is 0 Å². The fraction of sp³-hybridized carbons (Fsp3) is 0. The molecule has 0 aromatic carbocycles. The number of hydrogen-bond donors (Lipinski definition) is 0. The zero-order chi connectivity index (χ0) is 23.9. The van der Waals surface area contributed by atoms with E-state index in [0.29, 0.717) is 0 Å². The summed E-state index contributed by atoms with van der Waals surface area (Å²) in [5.74, 6) is 0. The molecule has 0 nitrogen and oxygen atoms in total. The number of thiophene rings is 5. The first-order chi connectivity index (χ1) is 17.2. The molecule has 5 aromatic heterocycles. The van der Waals surface area contributed by atoms with Crippen molar-refractivity contribution in [2.24, 2.45) is 0 Å². The Morgan fingerprint density at radius 2 is 0.714 bits per heavy atom. The maximum absolute atomic E-state index is 3.83. The van der Waals surface area contributed by atoms with Crippen molar-refractivity contribution in [3.05, 3.63) is 117 Å². The van der Waals surface area contributed by atoms with Crippen molar-refractivity contribution in [2.75, 3.05) is 0 Å². The molecule has 0 bridgehead atoms. The van der Waals surface area contributed by atoms with Crippen molar-refractivity contribution in [3.8, 4) is 0 Å². The van der Waals surface area contributed by atoms with Crippen molar-refractivity contribution in [3.63, 3.8) is 0 Å². The van der Waals surface area contributed by atoms with Gasteiger partial charge in [0.1, 0.15) is 0 Å². The first-order valence-corrected chi connectivity index (χ1v) is 15.2. The molecule has 172 valence electrons. The van der Waals surface area contributed by atoms with Gasteiger partial charge in [-0.2, -0.15) is 0 Å². The van der Waals surface area contributed by atoms with E-state index in [2.05, 4.69) is 121 Å². The van der Waals surface area contributed by atoms with Gasteiger partial charge in [-0.1, -0.05) is 18.7 Å². The molecule has 0 saturated carbocycles. The molecule has 5 aromatic rings. The predicted octanol–water partition coefficient (Wildman–Crippen LogP) is 11.3. The van der Waals surface area contributed by atoms with E-state index in [1.54, 1.807) is 34.0 Å². The minimum Gasteiger partial charge on any atom is -0.144 e. The molecule has 0 atom stereocenters.